The van der Waals surface area contributed by atoms with Crippen LogP contribution in [0.25, 0.3) is 11.2 Å². The fraction of sp³-hybridized carbons (Fsp3) is 0.333. The maximum Gasteiger partial charge on any atom is 0.332 e. The molecule has 2 heterocycles. The highest BCUT2D eigenvalue weighted by Crippen LogP contribution is 2.17. The first-order valence-corrected chi connectivity index (χ1v) is 10.2. The molecule has 0 bridgehead atoms. The number of hydrogen-bond donors (Lipinski definition) is 2. The number of benzene rings is 1. The Balaban J connectivity index is 2.02. The van der Waals surface area contributed by atoms with Gasteiger partial charge in [-0.2, -0.15) is 10.1 Å². The van der Waals surface area contributed by atoms with Crippen LogP contribution in [0.2, 0.25) is 0 Å². The third kappa shape index (κ3) is 4.94. The number of aryl methyl sites for hydroxylation is 1. The summed E-state index contributed by atoms with van der Waals surface area (Å²) in [6, 6.07) is 5.84. The van der Waals surface area contributed by atoms with Gasteiger partial charge in [0.2, 0.25) is 5.95 Å². The molecule has 0 spiro atoms. The lowest BCUT2D eigenvalue weighted by molar-refractivity contribution is -0.384. The number of aliphatic hydroxyl groups excluding tert-OH is 1. The van der Waals surface area contributed by atoms with E-state index in [0.29, 0.717) is 11.3 Å². The van der Waals surface area contributed by atoms with Gasteiger partial charge < -0.3 is 14.4 Å². The van der Waals surface area contributed by atoms with Crippen LogP contribution in [0, 0.1) is 10.1 Å². The molecule has 13 heteroatoms. The van der Waals surface area contributed by atoms with Crippen molar-refractivity contribution in [3.63, 3.8) is 0 Å². The Labute approximate surface area is 193 Å². The molecular formula is C21H25N7O6. The molecule has 1 aromatic carbocycles. The van der Waals surface area contributed by atoms with E-state index in [1.54, 1.807) is 25.1 Å². The molecule has 0 fully saturated rings. The molecule has 3 rings (SSSR count). The van der Waals surface area contributed by atoms with E-state index in [9.17, 15) is 24.8 Å². The van der Waals surface area contributed by atoms with E-state index in [1.807, 2.05) is 0 Å². The Morgan fingerprint density at radius 3 is 2.62 bits per heavy atom. The van der Waals surface area contributed by atoms with Crippen molar-refractivity contribution < 1.29 is 14.8 Å². The molecule has 0 aliphatic rings. The van der Waals surface area contributed by atoms with Gasteiger partial charge in [0.15, 0.2) is 11.2 Å². The summed E-state index contributed by atoms with van der Waals surface area (Å²) in [7, 11) is 2.84. The first kappa shape index (κ1) is 24.5. The Bertz CT molecular complexity index is 1370. The summed E-state index contributed by atoms with van der Waals surface area (Å²) in [6.07, 6.45) is 0.563. The van der Waals surface area contributed by atoms with Crippen molar-refractivity contribution in [2.45, 2.75) is 19.6 Å². The number of nitrogens with one attached hydrogen (secondary N) is 1. The van der Waals surface area contributed by atoms with Gasteiger partial charge in [0.25, 0.3) is 11.2 Å². The van der Waals surface area contributed by atoms with Crippen molar-refractivity contribution in [1.82, 2.24) is 18.7 Å². The highest BCUT2D eigenvalue weighted by atomic mass is 16.6. The van der Waals surface area contributed by atoms with Gasteiger partial charge >= 0.3 is 5.69 Å². The molecular weight excluding hydrogens is 446 g/mol. The largest absolute Gasteiger partial charge is 0.389 e. The average molecular weight is 471 g/mol. The van der Waals surface area contributed by atoms with Crippen molar-refractivity contribution in [2.75, 3.05) is 18.6 Å². The number of fused-ring (bicyclic) bond motifs is 1. The van der Waals surface area contributed by atoms with Gasteiger partial charge in [0.05, 0.1) is 36.5 Å². The molecule has 0 saturated carbocycles. The number of hydrazone groups is 1. The second-order valence-corrected chi connectivity index (χ2v) is 7.52. The zero-order chi connectivity index (χ0) is 25.0. The summed E-state index contributed by atoms with van der Waals surface area (Å²) < 4.78 is 8.91. The van der Waals surface area contributed by atoms with E-state index >= 15 is 0 Å². The van der Waals surface area contributed by atoms with Crippen molar-refractivity contribution in [1.29, 1.82) is 0 Å². The van der Waals surface area contributed by atoms with Crippen molar-refractivity contribution in [3.8, 4) is 0 Å². The monoisotopic (exact) mass is 471 g/mol. The number of rotatable bonds is 10. The molecule has 0 radical (unpaired) electrons. The van der Waals surface area contributed by atoms with E-state index in [1.165, 1.54) is 35.4 Å². The standard InChI is InChI=1S/C21H25N7O6/c1-5-10-34-12-16(29)11-27-17-18(25(3)21(31)26(4)19(17)30)22-20(27)24-23-13(2)14-6-8-15(9-7-14)28(32)33/h5-9,16,29H,1,10-12H2,2-4H3,(H,22,24)/b23-13-/t16-/m1/s1. The Morgan fingerprint density at radius 2 is 2.00 bits per heavy atom. The maximum absolute atomic E-state index is 12.9. The third-order valence-corrected chi connectivity index (χ3v) is 5.11. The molecule has 0 amide bonds. The van der Waals surface area contributed by atoms with E-state index < -0.39 is 22.3 Å². The number of aliphatic hydroxyl groups is 1. The number of hydrogen-bond acceptors (Lipinski definition) is 9. The smallest absolute Gasteiger partial charge is 0.332 e. The highest BCUT2D eigenvalue weighted by molar-refractivity contribution is 5.99. The van der Waals surface area contributed by atoms with Gasteiger partial charge in [-0.15, -0.1) is 6.58 Å². The minimum atomic E-state index is -0.986. The van der Waals surface area contributed by atoms with Crippen LogP contribution in [0.4, 0.5) is 11.6 Å². The Hall–Kier alpha value is -4.10. The van der Waals surface area contributed by atoms with Crippen LogP contribution in [-0.2, 0) is 25.4 Å². The van der Waals surface area contributed by atoms with Crippen LogP contribution in [0.5, 0.6) is 0 Å². The molecule has 1 atom stereocenters. The lowest BCUT2D eigenvalue weighted by Crippen LogP contribution is -2.38. The number of aromatic nitrogens is 4. The fourth-order valence-corrected chi connectivity index (χ4v) is 3.28. The highest BCUT2D eigenvalue weighted by Gasteiger charge is 2.21. The molecule has 2 aromatic heterocycles. The number of nitrogens with zero attached hydrogens (tertiary/aromatic N) is 6. The Morgan fingerprint density at radius 1 is 1.32 bits per heavy atom. The quantitative estimate of drug-likeness (QED) is 0.144. The van der Waals surface area contributed by atoms with Crippen LogP contribution >= 0.6 is 0 Å². The van der Waals surface area contributed by atoms with Crippen LogP contribution in [0.3, 0.4) is 0 Å². The van der Waals surface area contributed by atoms with Crippen molar-refractivity contribution >= 4 is 28.5 Å². The molecule has 0 aliphatic carbocycles. The van der Waals surface area contributed by atoms with Gasteiger partial charge in [0, 0.05) is 26.2 Å². The van der Waals surface area contributed by atoms with E-state index in [4.69, 9.17) is 4.74 Å². The number of ether oxygens (including phenoxy) is 1. The minimum absolute atomic E-state index is 0.0116. The SMILES string of the molecule is C=CCOC[C@H](O)Cn1c(N/N=C(/C)c2ccc([N+](=O)[O-])cc2)nc2c1c(=O)n(C)c(=O)n2C. The molecule has 13 nitrogen and oxygen atoms in total. The lowest BCUT2D eigenvalue weighted by atomic mass is 10.1. The summed E-state index contributed by atoms with van der Waals surface area (Å²) in [5.41, 5.74) is 2.96. The number of anilines is 1. The van der Waals surface area contributed by atoms with Crippen molar-refractivity contribution in [3.05, 3.63) is 73.4 Å². The maximum atomic E-state index is 12.9. The lowest BCUT2D eigenvalue weighted by Gasteiger charge is -2.14. The topological polar surface area (TPSA) is 159 Å². The second-order valence-electron chi connectivity index (χ2n) is 7.52. The van der Waals surface area contributed by atoms with E-state index in [0.717, 1.165) is 4.57 Å². The van der Waals surface area contributed by atoms with Gasteiger partial charge in [0.1, 0.15) is 0 Å². The molecule has 34 heavy (non-hydrogen) atoms. The first-order valence-electron chi connectivity index (χ1n) is 10.2. The summed E-state index contributed by atoms with van der Waals surface area (Å²) in [4.78, 5) is 39.9. The van der Waals surface area contributed by atoms with Gasteiger partial charge in [-0.05, 0) is 24.6 Å². The second kappa shape index (κ2) is 10.2. The molecule has 0 saturated heterocycles. The average Bonchev–Trinajstić information content (AvgIpc) is 3.18. The Kier molecular flexibility index (Phi) is 7.38. The predicted molar refractivity (Wildman–Crippen MR) is 126 cm³/mol. The zero-order valence-electron chi connectivity index (χ0n) is 19.0. The van der Waals surface area contributed by atoms with Gasteiger partial charge in [-0.1, -0.05) is 6.08 Å². The molecule has 3 aromatic rings. The van der Waals surface area contributed by atoms with Crippen LogP contribution < -0.4 is 16.7 Å². The number of non-ortho nitro benzene ring substituents is 1. The van der Waals surface area contributed by atoms with E-state index in [2.05, 4.69) is 22.1 Å². The molecule has 0 unspecified atom stereocenters. The normalized spacial score (nSPS) is 12.6. The summed E-state index contributed by atoms with van der Waals surface area (Å²) >= 11 is 0. The first-order chi connectivity index (χ1) is 16.1. The summed E-state index contributed by atoms with van der Waals surface area (Å²) in [6.45, 7) is 5.42. The fourth-order valence-electron chi connectivity index (χ4n) is 3.28. The van der Waals surface area contributed by atoms with E-state index in [-0.39, 0.29) is 42.6 Å². The predicted octanol–water partition coefficient (Wildman–Crippen LogP) is 0.741. The van der Waals surface area contributed by atoms with Crippen LogP contribution in [-0.4, -0.2) is 53.7 Å². The summed E-state index contributed by atoms with van der Waals surface area (Å²) in [5.74, 6) is 0.123. The summed E-state index contributed by atoms with van der Waals surface area (Å²) in [5, 5.41) is 25.6. The van der Waals surface area contributed by atoms with Gasteiger partial charge in [-0.25, -0.2) is 10.2 Å². The minimum Gasteiger partial charge on any atom is -0.389 e. The third-order valence-electron chi connectivity index (χ3n) is 5.11. The number of nitro groups is 1. The van der Waals surface area contributed by atoms with Crippen LogP contribution in [0.1, 0.15) is 12.5 Å². The van der Waals surface area contributed by atoms with Crippen molar-refractivity contribution in [2.24, 2.45) is 19.2 Å². The number of imidazole rings is 1. The van der Waals surface area contributed by atoms with Crippen LogP contribution in [0.15, 0.2) is 51.6 Å². The number of nitro benzene ring substituents is 1. The zero-order valence-corrected chi connectivity index (χ0v) is 19.0. The molecule has 180 valence electrons. The molecule has 2 N–H and O–H groups in total. The molecule has 0 aliphatic heterocycles. The van der Waals surface area contributed by atoms with Gasteiger partial charge in [-0.3, -0.25) is 24.0 Å².